The molecule has 1 aliphatic carbocycles. The maximum absolute atomic E-state index is 11.2. The van der Waals surface area contributed by atoms with E-state index in [9.17, 15) is 8.42 Å². The van der Waals surface area contributed by atoms with Gasteiger partial charge in [-0.05, 0) is 12.5 Å². The molecular formula is C8H9ClO4S. The van der Waals surface area contributed by atoms with Crippen LogP contribution in [0.4, 0.5) is 0 Å². The van der Waals surface area contributed by atoms with E-state index in [0.717, 1.165) is 0 Å². The van der Waals surface area contributed by atoms with Crippen LogP contribution in [0, 0.1) is 0 Å². The highest BCUT2D eigenvalue weighted by atomic mass is 35.7. The third-order valence-corrected chi connectivity index (χ3v) is 3.44. The number of hydrogen-bond acceptors (Lipinski definition) is 4. The molecule has 0 N–H and O–H groups in total. The standard InChI is InChI=1S/C8H9ClO4S/c9-14(10,11)7-3-1-2-6-8(7)13-5-4-12-6/h1,3,6H,2,4-5H2. The molecule has 0 radical (unpaired) electrons. The molecule has 1 atom stereocenters. The molecule has 0 amide bonds. The zero-order chi connectivity index (χ0) is 10.2. The predicted octanol–water partition coefficient (Wildman–Crippen LogP) is 1.14. The first-order valence-corrected chi connectivity index (χ1v) is 6.50. The lowest BCUT2D eigenvalue weighted by Crippen LogP contribution is -2.29. The molecule has 0 aromatic carbocycles. The monoisotopic (exact) mass is 236 g/mol. The van der Waals surface area contributed by atoms with Crippen LogP contribution < -0.4 is 0 Å². The van der Waals surface area contributed by atoms with E-state index < -0.39 is 9.05 Å². The van der Waals surface area contributed by atoms with Crippen molar-refractivity contribution in [1.82, 2.24) is 0 Å². The largest absolute Gasteiger partial charge is 0.491 e. The first-order chi connectivity index (χ1) is 6.59. The summed E-state index contributed by atoms with van der Waals surface area (Å²) in [4.78, 5) is 0.0233. The summed E-state index contributed by atoms with van der Waals surface area (Å²) < 4.78 is 32.9. The highest BCUT2D eigenvalue weighted by Gasteiger charge is 2.30. The minimum Gasteiger partial charge on any atom is -0.491 e. The fourth-order valence-corrected chi connectivity index (χ4v) is 2.57. The average Bonchev–Trinajstić information content (AvgIpc) is 2.15. The number of ether oxygens (including phenoxy) is 2. The molecule has 0 bridgehead atoms. The third-order valence-electron chi connectivity index (χ3n) is 2.08. The van der Waals surface area contributed by atoms with Crippen LogP contribution >= 0.6 is 10.7 Å². The Labute approximate surface area is 86.6 Å². The minimum absolute atomic E-state index is 0.0233. The molecule has 1 fully saturated rings. The van der Waals surface area contributed by atoms with E-state index in [2.05, 4.69) is 0 Å². The molecule has 6 heteroatoms. The summed E-state index contributed by atoms with van der Waals surface area (Å²) in [6, 6.07) is 0. The molecule has 0 saturated carbocycles. The molecule has 2 rings (SSSR count). The molecule has 14 heavy (non-hydrogen) atoms. The van der Waals surface area contributed by atoms with Gasteiger partial charge in [-0.2, -0.15) is 0 Å². The van der Waals surface area contributed by atoms with Crippen LogP contribution in [0.5, 0.6) is 0 Å². The zero-order valence-corrected chi connectivity index (χ0v) is 8.85. The third kappa shape index (κ3) is 1.80. The minimum atomic E-state index is -3.74. The first-order valence-electron chi connectivity index (χ1n) is 4.19. The summed E-state index contributed by atoms with van der Waals surface area (Å²) >= 11 is 0. The van der Waals surface area contributed by atoms with Crippen molar-refractivity contribution in [3.63, 3.8) is 0 Å². The molecular weight excluding hydrogens is 228 g/mol. The Morgan fingerprint density at radius 2 is 2.21 bits per heavy atom. The second-order valence-electron chi connectivity index (χ2n) is 3.01. The Hall–Kier alpha value is -0.520. The SMILES string of the molecule is O=S(=O)(Cl)C1=C2OCCOC2CC=C1. The van der Waals surface area contributed by atoms with Gasteiger partial charge in [0.15, 0.2) is 0 Å². The molecule has 1 aliphatic heterocycles. The number of rotatable bonds is 1. The van der Waals surface area contributed by atoms with Gasteiger partial charge in [0.1, 0.15) is 23.4 Å². The van der Waals surface area contributed by atoms with Crippen LogP contribution in [0.25, 0.3) is 0 Å². The Kier molecular flexibility index (Phi) is 2.55. The van der Waals surface area contributed by atoms with E-state index in [1.165, 1.54) is 6.08 Å². The predicted molar refractivity (Wildman–Crippen MR) is 51.2 cm³/mol. The lowest BCUT2D eigenvalue weighted by atomic mass is 10.1. The molecule has 78 valence electrons. The van der Waals surface area contributed by atoms with Gasteiger partial charge in [0.05, 0.1) is 6.61 Å². The van der Waals surface area contributed by atoms with Crippen molar-refractivity contribution in [3.05, 3.63) is 22.8 Å². The number of hydrogen-bond donors (Lipinski definition) is 0. The Balaban J connectivity index is 2.45. The van der Waals surface area contributed by atoms with Gasteiger partial charge in [0.25, 0.3) is 9.05 Å². The molecule has 1 saturated heterocycles. The van der Waals surface area contributed by atoms with Crippen molar-refractivity contribution in [3.8, 4) is 0 Å². The van der Waals surface area contributed by atoms with Gasteiger partial charge in [-0.15, -0.1) is 0 Å². The van der Waals surface area contributed by atoms with Crippen molar-refractivity contribution in [1.29, 1.82) is 0 Å². The van der Waals surface area contributed by atoms with Crippen LogP contribution in [0.2, 0.25) is 0 Å². The van der Waals surface area contributed by atoms with Gasteiger partial charge < -0.3 is 9.47 Å². The maximum Gasteiger partial charge on any atom is 0.264 e. The van der Waals surface area contributed by atoms with Crippen LogP contribution in [0.1, 0.15) is 6.42 Å². The van der Waals surface area contributed by atoms with Gasteiger partial charge in [-0.1, -0.05) is 6.08 Å². The normalized spacial score (nSPS) is 27.1. The molecule has 1 unspecified atom stereocenters. The summed E-state index contributed by atoms with van der Waals surface area (Å²) in [5.41, 5.74) is 0. The highest BCUT2D eigenvalue weighted by Crippen LogP contribution is 2.30. The summed E-state index contributed by atoms with van der Waals surface area (Å²) in [5, 5.41) is 0. The van der Waals surface area contributed by atoms with Gasteiger partial charge in [-0.3, -0.25) is 0 Å². The second kappa shape index (κ2) is 3.56. The smallest absolute Gasteiger partial charge is 0.264 e. The van der Waals surface area contributed by atoms with Crippen molar-refractivity contribution in [2.45, 2.75) is 12.5 Å². The molecule has 0 spiro atoms. The summed E-state index contributed by atoms with van der Waals surface area (Å²) in [6.45, 7) is 0.854. The number of halogens is 1. The van der Waals surface area contributed by atoms with Crippen molar-refractivity contribution >= 4 is 19.7 Å². The van der Waals surface area contributed by atoms with Crippen molar-refractivity contribution in [2.24, 2.45) is 0 Å². The fourth-order valence-electron chi connectivity index (χ4n) is 1.50. The van der Waals surface area contributed by atoms with Crippen LogP contribution in [-0.2, 0) is 18.5 Å². The van der Waals surface area contributed by atoms with Crippen LogP contribution in [0.3, 0.4) is 0 Å². The van der Waals surface area contributed by atoms with E-state index >= 15 is 0 Å². The van der Waals surface area contributed by atoms with Crippen LogP contribution in [0.15, 0.2) is 22.8 Å². The zero-order valence-electron chi connectivity index (χ0n) is 7.27. The average molecular weight is 237 g/mol. The summed E-state index contributed by atoms with van der Waals surface area (Å²) in [7, 11) is 1.52. The van der Waals surface area contributed by atoms with Gasteiger partial charge >= 0.3 is 0 Å². The fraction of sp³-hybridized carbons (Fsp3) is 0.500. The van der Waals surface area contributed by atoms with Gasteiger partial charge in [0, 0.05) is 10.7 Å². The van der Waals surface area contributed by atoms with Gasteiger partial charge in [-0.25, -0.2) is 8.42 Å². The molecule has 1 heterocycles. The Morgan fingerprint density at radius 1 is 1.43 bits per heavy atom. The van der Waals surface area contributed by atoms with Crippen molar-refractivity contribution in [2.75, 3.05) is 13.2 Å². The second-order valence-corrected chi connectivity index (χ2v) is 5.55. The molecule has 0 aromatic rings. The van der Waals surface area contributed by atoms with Crippen molar-refractivity contribution < 1.29 is 17.9 Å². The quantitative estimate of drug-likeness (QED) is 0.641. The van der Waals surface area contributed by atoms with E-state index in [1.54, 1.807) is 6.08 Å². The van der Waals surface area contributed by atoms with E-state index in [4.69, 9.17) is 20.2 Å². The number of allylic oxidation sites excluding steroid dienone is 1. The summed E-state index contributed by atoms with van der Waals surface area (Å²) in [5.74, 6) is 0.341. The highest BCUT2D eigenvalue weighted by molar-refractivity contribution is 8.17. The lowest BCUT2D eigenvalue weighted by molar-refractivity contribution is -0.0419. The first kappa shape index (κ1) is 10.0. The Morgan fingerprint density at radius 3 is 2.93 bits per heavy atom. The Bertz CT molecular complexity index is 396. The van der Waals surface area contributed by atoms with Crippen LogP contribution in [-0.4, -0.2) is 27.7 Å². The molecule has 0 aromatic heterocycles. The molecule has 2 aliphatic rings. The topological polar surface area (TPSA) is 52.6 Å². The van der Waals surface area contributed by atoms with E-state index in [-0.39, 0.29) is 11.0 Å². The summed E-state index contributed by atoms with van der Waals surface area (Å²) in [6.07, 6.45) is 3.52. The molecule has 4 nitrogen and oxygen atoms in total. The van der Waals surface area contributed by atoms with E-state index in [0.29, 0.717) is 25.4 Å². The van der Waals surface area contributed by atoms with Gasteiger partial charge in [0.2, 0.25) is 0 Å². The maximum atomic E-state index is 11.2. The number of fused-ring (bicyclic) bond motifs is 1. The lowest BCUT2D eigenvalue weighted by Gasteiger charge is -2.28. The van der Waals surface area contributed by atoms with E-state index in [1.807, 2.05) is 0 Å².